The van der Waals surface area contributed by atoms with Crippen molar-refractivity contribution in [1.82, 2.24) is 9.78 Å². The van der Waals surface area contributed by atoms with Gasteiger partial charge in [-0.2, -0.15) is 5.10 Å². The zero-order valence-corrected chi connectivity index (χ0v) is 7.25. The summed E-state index contributed by atoms with van der Waals surface area (Å²) in [7, 11) is 0. The zero-order chi connectivity index (χ0) is 8.55. The highest BCUT2D eigenvalue weighted by molar-refractivity contribution is 5.45. The van der Waals surface area contributed by atoms with E-state index in [0.29, 0.717) is 12.6 Å². The van der Waals surface area contributed by atoms with Gasteiger partial charge < -0.3 is 11.1 Å². The minimum atomic E-state index is 0.501. The van der Waals surface area contributed by atoms with Crippen molar-refractivity contribution >= 4 is 5.82 Å². The van der Waals surface area contributed by atoms with Crippen LogP contribution in [0.2, 0.25) is 0 Å². The van der Waals surface area contributed by atoms with Crippen molar-refractivity contribution in [2.75, 3.05) is 11.9 Å². The van der Waals surface area contributed by atoms with E-state index in [4.69, 9.17) is 5.73 Å². The second kappa shape index (κ2) is 2.79. The smallest absolute Gasteiger partial charge is 0.129 e. The topological polar surface area (TPSA) is 55.9 Å². The Hall–Kier alpha value is -1.03. The Morgan fingerprint density at radius 2 is 2.67 bits per heavy atom. The van der Waals surface area contributed by atoms with Gasteiger partial charge in [0.2, 0.25) is 0 Å². The average Bonchev–Trinajstić information content (AvgIpc) is 2.49. The Balaban J connectivity index is 2.41. The molecule has 2 heterocycles. The summed E-state index contributed by atoms with van der Waals surface area (Å²) in [6.45, 7) is 3.77. The van der Waals surface area contributed by atoms with Gasteiger partial charge in [0.05, 0.1) is 12.2 Å². The molecule has 1 aliphatic heterocycles. The van der Waals surface area contributed by atoms with Crippen LogP contribution in [0.1, 0.15) is 24.9 Å². The molecule has 1 aromatic heterocycles. The van der Waals surface area contributed by atoms with Crippen LogP contribution >= 0.6 is 0 Å². The lowest BCUT2D eigenvalue weighted by Crippen LogP contribution is -2.22. The fraction of sp³-hybridized carbons (Fsp3) is 0.625. The first-order valence-corrected chi connectivity index (χ1v) is 4.33. The Morgan fingerprint density at radius 1 is 1.83 bits per heavy atom. The molecule has 4 nitrogen and oxygen atoms in total. The van der Waals surface area contributed by atoms with E-state index in [-0.39, 0.29) is 0 Å². The van der Waals surface area contributed by atoms with E-state index in [9.17, 15) is 0 Å². The van der Waals surface area contributed by atoms with Gasteiger partial charge in [-0.15, -0.1) is 0 Å². The average molecular weight is 166 g/mol. The molecule has 1 unspecified atom stereocenters. The SMILES string of the molecule is CC1CCNc2c(CN)cnn21. The molecule has 1 atom stereocenters. The number of nitrogens with zero attached hydrogens (tertiary/aromatic N) is 2. The van der Waals surface area contributed by atoms with Crippen LogP contribution < -0.4 is 11.1 Å². The highest BCUT2D eigenvalue weighted by atomic mass is 15.4. The van der Waals surface area contributed by atoms with Crippen LogP contribution in [-0.2, 0) is 6.54 Å². The highest BCUT2D eigenvalue weighted by Gasteiger charge is 2.18. The minimum absolute atomic E-state index is 0.501. The van der Waals surface area contributed by atoms with Crippen LogP contribution in [0.25, 0.3) is 0 Å². The molecule has 0 radical (unpaired) electrons. The molecule has 1 aliphatic rings. The van der Waals surface area contributed by atoms with Gasteiger partial charge in [-0.1, -0.05) is 0 Å². The van der Waals surface area contributed by atoms with Crippen LogP contribution in [-0.4, -0.2) is 16.3 Å². The molecule has 66 valence electrons. The first-order chi connectivity index (χ1) is 5.83. The molecular weight excluding hydrogens is 152 g/mol. The van der Waals surface area contributed by atoms with Crippen molar-refractivity contribution in [2.45, 2.75) is 25.9 Å². The summed E-state index contributed by atoms with van der Waals surface area (Å²) in [6.07, 6.45) is 2.99. The highest BCUT2D eigenvalue weighted by Crippen LogP contribution is 2.25. The quantitative estimate of drug-likeness (QED) is 0.646. The number of anilines is 1. The third kappa shape index (κ3) is 0.992. The number of hydrogen-bond donors (Lipinski definition) is 2. The lowest BCUT2D eigenvalue weighted by molar-refractivity contribution is 0.452. The third-order valence-electron chi connectivity index (χ3n) is 2.36. The lowest BCUT2D eigenvalue weighted by atomic mass is 10.2. The Bertz CT molecular complexity index is 279. The second-order valence-electron chi connectivity index (χ2n) is 3.23. The normalized spacial score (nSPS) is 21.7. The maximum Gasteiger partial charge on any atom is 0.129 e. The molecular formula is C8H14N4. The van der Waals surface area contributed by atoms with Gasteiger partial charge >= 0.3 is 0 Å². The Labute approximate surface area is 71.7 Å². The predicted molar refractivity (Wildman–Crippen MR) is 47.9 cm³/mol. The van der Waals surface area contributed by atoms with Crippen molar-refractivity contribution in [3.05, 3.63) is 11.8 Å². The van der Waals surface area contributed by atoms with Crippen LogP contribution in [0.15, 0.2) is 6.20 Å². The molecule has 3 N–H and O–H groups in total. The summed E-state index contributed by atoms with van der Waals surface area (Å²) in [5.41, 5.74) is 6.68. The Morgan fingerprint density at radius 3 is 3.42 bits per heavy atom. The fourth-order valence-corrected chi connectivity index (χ4v) is 1.60. The second-order valence-corrected chi connectivity index (χ2v) is 3.23. The summed E-state index contributed by atoms with van der Waals surface area (Å²) in [5, 5.41) is 7.60. The monoisotopic (exact) mass is 166 g/mol. The standard InChI is InChI=1S/C8H14N4/c1-6-2-3-10-8-7(4-9)5-11-12(6)8/h5-6,10H,2-4,9H2,1H3. The summed E-state index contributed by atoms with van der Waals surface area (Å²) in [4.78, 5) is 0. The van der Waals surface area contributed by atoms with Crippen LogP contribution in [0.3, 0.4) is 0 Å². The third-order valence-corrected chi connectivity index (χ3v) is 2.36. The zero-order valence-electron chi connectivity index (χ0n) is 7.25. The van der Waals surface area contributed by atoms with E-state index in [1.165, 1.54) is 0 Å². The van der Waals surface area contributed by atoms with Gasteiger partial charge in [-0.05, 0) is 13.3 Å². The number of hydrogen-bond acceptors (Lipinski definition) is 3. The van der Waals surface area contributed by atoms with E-state index < -0.39 is 0 Å². The van der Waals surface area contributed by atoms with E-state index in [2.05, 4.69) is 17.3 Å². The van der Waals surface area contributed by atoms with Crippen molar-refractivity contribution in [3.63, 3.8) is 0 Å². The van der Waals surface area contributed by atoms with Gasteiger partial charge in [-0.25, -0.2) is 4.68 Å². The molecule has 0 fully saturated rings. The molecule has 4 heteroatoms. The van der Waals surface area contributed by atoms with Gasteiger partial charge in [0.25, 0.3) is 0 Å². The first kappa shape index (κ1) is 7.61. The van der Waals surface area contributed by atoms with Crippen molar-refractivity contribution < 1.29 is 0 Å². The van der Waals surface area contributed by atoms with Gasteiger partial charge in [0.1, 0.15) is 5.82 Å². The molecule has 0 saturated carbocycles. The molecule has 0 amide bonds. The minimum Gasteiger partial charge on any atom is -0.370 e. The summed E-state index contributed by atoms with van der Waals surface area (Å²) < 4.78 is 2.02. The van der Waals surface area contributed by atoms with Crippen LogP contribution in [0, 0.1) is 0 Å². The summed E-state index contributed by atoms with van der Waals surface area (Å²) >= 11 is 0. The fourth-order valence-electron chi connectivity index (χ4n) is 1.60. The molecule has 0 saturated heterocycles. The molecule has 0 bridgehead atoms. The maximum absolute atomic E-state index is 5.57. The maximum atomic E-state index is 5.57. The van der Waals surface area contributed by atoms with Crippen LogP contribution in [0.5, 0.6) is 0 Å². The van der Waals surface area contributed by atoms with Gasteiger partial charge in [0, 0.05) is 18.7 Å². The molecule has 0 aliphatic carbocycles. The molecule has 0 aromatic carbocycles. The molecule has 0 spiro atoms. The molecule has 12 heavy (non-hydrogen) atoms. The van der Waals surface area contributed by atoms with Crippen LogP contribution in [0.4, 0.5) is 5.82 Å². The number of nitrogens with one attached hydrogen (secondary N) is 1. The molecule has 2 rings (SSSR count). The largest absolute Gasteiger partial charge is 0.370 e. The number of fused-ring (bicyclic) bond motifs is 1. The van der Waals surface area contributed by atoms with Crippen molar-refractivity contribution in [2.24, 2.45) is 5.73 Å². The van der Waals surface area contributed by atoms with Crippen molar-refractivity contribution in [1.29, 1.82) is 0 Å². The van der Waals surface area contributed by atoms with E-state index in [1.54, 1.807) is 0 Å². The number of nitrogens with two attached hydrogens (primary N) is 1. The van der Waals surface area contributed by atoms with E-state index in [1.807, 2.05) is 10.9 Å². The number of aromatic nitrogens is 2. The van der Waals surface area contributed by atoms with E-state index >= 15 is 0 Å². The van der Waals surface area contributed by atoms with Crippen molar-refractivity contribution in [3.8, 4) is 0 Å². The van der Waals surface area contributed by atoms with Gasteiger partial charge in [0.15, 0.2) is 0 Å². The Kier molecular flexibility index (Phi) is 1.77. The van der Waals surface area contributed by atoms with E-state index in [0.717, 1.165) is 24.3 Å². The predicted octanol–water partition coefficient (Wildman–Crippen LogP) is 0.718. The number of rotatable bonds is 1. The lowest BCUT2D eigenvalue weighted by Gasteiger charge is -2.23. The van der Waals surface area contributed by atoms with Gasteiger partial charge in [-0.3, -0.25) is 0 Å². The molecule has 1 aromatic rings. The summed E-state index contributed by atoms with van der Waals surface area (Å²) in [6, 6.07) is 0.501. The first-order valence-electron chi connectivity index (χ1n) is 4.33. The summed E-state index contributed by atoms with van der Waals surface area (Å²) in [5.74, 6) is 1.11.